The first-order valence-electron chi connectivity index (χ1n) is 12.7. The number of benzene rings is 2. The fourth-order valence-electron chi connectivity index (χ4n) is 4.75. The number of aliphatic hydroxyl groups is 1. The number of ether oxygens (including phenoxy) is 2. The molecule has 2 aliphatic heterocycles. The number of anilines is 1. The van der Waals surface area contributed by atoms with Crippen LogP contribution in [-0.2, 0) is 16.1 Å². The number of nitrogens with zero attached hydrogens (tertiary/aromatic N) is 3. The predicted octanol–water partition coefficient (Wildman–Crippen LogP) is 4.57. The van der Waals surface area contributed by atoms with Gasteiger partial charge >= 0.3 is 0 Å². The number of ketones is 1. The molecule has 0 aliphatic carbocycles. The molecule has 3 aromatic rings. The number of rotatable bonds is 7. The van der Waals surface area contributed by atoms with Crippen molar-refractivity contribution in [3.05, 3.63) is 89.3 Å². The number of likely N-dealkylation sites (N-methyl/N-ethyl adjacent to an activating group) is 1. The number of carbonyl (C=O) groups excluding carboxylic acids is 2. The third kappa shape index (κ3) is 4.94. The van der Waals surface area contributed by atoms with E-state index in [1.807, 2.05) is 42.3 Å². The van der Waals surface area contributed by atoms with Crippen LogP contribution >= 0.6 is 0 Å². The number of aromatic nitrogens is 1. The Hall–Kier alpha value is -4.33. The van der Waals surface area contributed by atoms with Gasteiger partial charge in [-0.1, -0.05) is 32.0 Å². The van der Waals surface area contributed by atoms with Crippen LogP contribution in [0.4, 0.5) is 5.69 Å². The van der Waals surface area contributed by atoms with Gasteiger partial charge < -0.3 is 24.4 Å². The van der Waals surface area contributed by atoms with E-state index in [2.05, 4.69) is 18.8 Å². The lowest BCUT2D eigenvalue weighted by Gasteiger charge is -2.28. The van der Waals surface area contributed by atoms with Crippen LogP contribution in [0.25, 0.3) is 5.76 Å². The molecule has 1 unspecified atom stereocenters. The summed E-state index contributed by atoms with van der Waals surface area (Å²) in [5.74, 6) is 0.0183. The number of hydrogen-bond donors (Lipinski definition) is 1. The Morgan fingerprint density at radius 1 is 1.13 bits per heavy atom. The van der Waals surface area contributed by atoms with Crippen LogP contribution in [-0.4, -0.2) is 53.5 Å². The fraction of sp³-hybridized carbons (Fsp3) is 0.300. The number of Topliss-reactive ketones (excluding diaryl/α,β-unsaturated/α-hetero) is 1. The topological polar surface area (TPSA) is 92.2 Å². The van der Waals surface area contributed by atoms with Gasteiger partial charge in [-0.3, -0.25) is 14.6 Å². The van der Waals surface area contributed by atoms with Crippen molar-refractivity contribution in [3.63, 3.8) is 0 Å². The van der Waals surface area contributed by atoms with E-state index in [9.17, 15) is 14.7 Å². The van der Waals surface area contributed by atoms with E-state index in [0.717, 1.165) is 5.69 Å². The number of amides is 1. The summed E-state index contributed by atoms with van der Waals surface area (Å²) in [5, 5.41) is 11.5. The first-order chi connectivity index (χ1) is 18.3. The van der Waals surface area contributed by atoms with Gasteiger partial charge in [-0.05, 0) is 53.9 Å². The first-order valence-corrected chi connectivity index (χ1v) is 12.7. The molecule has 1 N–H and O–H groups in total. The fourth-order valence-corrected chi connectivity index (χ4v) is 4.75. The minimum Gasteiger partial charge on any atom is -0.507 e. The van der Waals surface area contributed by atoms with Crippen LogP contribution in [0.15, 0.2) is 72.4 Å². The second-order valence-corrected chi connectivity index (χ2v) is 9.98. The van der Waals surface area contributed by atoms with Crippen molar-refractivity contribution in [1.29, 1.82) is 0 Å². The summed E-state index contributed by atoms with van der Waals surface area (Å²) in [6, 6.07) is 17.2. The van der Waals surface area contributed by atoms with Gasteiger partial charge in [0.25, 0.3) is 11.7 Å². The van der Waals surface area contributed by atoms with Crippen molar-refractivity contribution in [2.75, 3.05) is 31.7 Å². The summed E-state index contributed by atoms with van der Waals surface area (Å²) in [6.07, 6.45) is 1.65. The summed E-state index contributed by atoms with van der Waals surface area (Å²) < 4.78 is 11.7. The smallest absolute Gasteiger partial charge is 0.296 e. The molecular formula is C30H31N3O5. The Labute approximate surface area is 222 Å². The summed E-state index contributed by atoms with van der Waals surface area (Å²) in [5.41, 5.74) is 2.59. The van der Waals surface area contributed by atoms with Gasteiger partial charge in [0.05, 0.1) is 42.7 Å². The van der Waals surface area contributed by atoms with E-state index in [-0.39, 0.29) is 17.9 Å². The lowest BCUT2D eigenvalue weighted by Crippen LogP contribution is -2.29. The molecular weight excluding hydrogens is 482 g/mol. The van der Waals surface area contributed by atoms with E-state index in [0.29, 0.717) is 54.0 Å². The van der Waals surface area contributed by atoms with Gasteiger partial charge in [-0.25, -0.2) is 0 Å². The predicted molar refractivity (Wildman–Crippen MR) is 144 cm³/mol. The van der Waals surface area contributed by atoms with Crippen LogP contribution < -0.4 is 14.4 Å². The minimum atomic E-state index is -0.815. The highest BCUT2D eigenvalue weighted by Gasteiger charge is 2.46. The van der Waals surface area contributed by atoms with Crippen LogP contribution in [0.3, 0.4) is 0 Å². The largest absolute Gasteiger partial charge is 0.507 e. The van der Waals surface area contributed by atoms with E-state index in [1.165, 1.54) is 4.90 Å². The second kappa shape index (κ2) is 10.6. The molecule has 8 heteroatoms. The molecule has 1 atom stereocenters. The highest BCUT2D eigenvalue weighted by molar-refractivity contribution is 6.46. The Morgan fingerprint density at radius 3 is 2.74 bits per heavy atom. The molecule has 8 nitrogen and oxygen atoms in total. The lowest BCUT2D eigenvalue weighted by molar-refractivity contribution is -0.140. The van der Waals surface area contributed by atoms with Crippen molar-refractivity contribution < 1.29 is 24.2 Å². The molecule has 196 valence electrons. The summed E-state index contributed by atoms with van der Waals surface area (Å²) in [4.78, 5) is 34.7. The van der Waals surface area contributed by atoms with E-state index in [4.69, 9.17) is 9.47 Å². The SMILES string of the molecule is CC(C)COc1cccc(C2/C(=C(/O)c3ccc4c(c3)N(C)CCO4)C(=O)C(=O)N2Cc2ccccn2)c1. The highest BCUT2D eigenvalue weighted by atomic mass is 16.5. The van der Waals surface area contributed by atoms with Gasteiger partial charge in [0, 0.05) is 18.8 Å². The number of hydrogen-bond acceptors (Lipinski definition) is 7. The molecule has 1 aromatic heterocycles. The number of likely N-dealkylation sites (tertiary alicyclic amines) is 1. The minimum absolute atomic E-state index is 0.0336. The summed E-state index contributed by atoms with van der Waals surface area (Å²) >= 11 is 0. The van der Waals surface area contributed by atoms with Gasteiger partial charge in [-0.15, -0.1) is 0 Å². The van der Waals surface area contributed by atoms with Crippen LogP contribution in [0.2, 0.25) is 0 Å². The molecule has 0 spiro atoms. The maximum atomic E-state index is 13.5. The van der Waals surface area contributed by atoms with Crippen molar-refractivity contribution in [3.8, 4) is 11.5 Å². The second-order valence-electron chi connectivity index (χ2n) is 9.98. The van der Waals surface area contributed by atoms with Gasteiger partial charge in [0.1, 0.15) is 23.9 Å². The molecule has 0 saturated carbocycles. The first kappa shape index (κ1) is 25.3. The normalized spacial score (nSPS) is 18.5. The Morgan fingerprint density at radius 2 is 1.97 bits per heavy atom. The molecule has 0 bridgehead atoms. The van der Waals surface area contributed by atoms with Crippen molar-refractivity contribution >= 4 is 23.1 Å². The molecule has 2 aliphatic rings. The van der Waals surface area contributed by atoms with Gasteiger partial charge in [0.15, 0.2) is 0 Å². The Kier molecular flexibility index (Phi) is 7.05. The maximum absolute atomic E-state index is 13.5. The van der Waals surface area contributed by atoms with Crippen LogP contribution in [0.1, 0.15) is 36.7 Å². The molecule has 38 heavy (non-hydrogen) atoms. The molecule has 1 saturated heterocycles. The molecule has 1 amide bonds. The maximum Gasteiger partial charge on any atom is 0.296 e. The van der Waals surface area contributed by atoms with Gasteiger partial charge in [0.2, 0.25) is 0 Å². The zero-order valence-electron chi connectivity index (χ0n) is 21.8. The standard InChI is InChI=1S/C30H31N3O5/c1-19(2)18-38-23-9-6-7-20(15-23)27-26(29(35)30(36)33(27)17-22-8-4-5-12-31-22)28(34)21-10-11-25-24(16-21)32(3)13-14-37-25/h4-12,15-16,19,27,34H,13-14,17-18H2,1-3H3/b28-26-. The number of carbonyl (C=O) groups is 2. The van der Waals surface area contributed by atoms with Crippen LogP contribution in [0, 0.1) is 5.92 Å². The Bertz CT molecular complexity index is 1390. The Balaban J connectivity index is 1.62. The van der Waals surface area contributed by atoms with E-state index in [1.54, 1.807) is 36.5 Å². The van der Waals surface area contributed by atoms with E-state index >= 15 is 0 Å². The third-order valence-electron chi connectivity index (χ3n) is 6.68. The number of aliphatic hydroxyl groups excluding tert-OH is 1. The molecule has 0 radical (unpaired) electrons. The quantitative estimate of drug-likeness (QED) is 0.281. The summed E-state index contributed by atoms with van der Waals surface area (Å²) in [6.45, 7) is 6.05. The molecule has 2 aromatic carbocycles. The molecule has 1 fully saturated rings. The average Bonchev–Trinajstić information content (AvgIpc) is 3.17. The number of pyridine rings is 1. The molecule has 5 rings (SSSR count). The highest BCUT2D eigenvalue weighted by Crippen LogP contribution is 2.42. The lowest BCUT2D eigenvalue weighted by atomic mass is 9.94. The van der Waals surface area contributed by atoms with Crippen molar-refractivity contribution in [1.82, 2.24) is 9.88 Å². The third-order valence-corrected chi connectivity index (χ3v) is 6.68. The van der Waals surface area contributed by atoms with Crippen molar-refractivity contribution in [2.45, 2.75) is 26.4 Å². The van der Waals surface area contributed by atoms with Gasteiger partial charge in [-0.2, -0.15) is 0 Å². The molecule has 3 heterocycles. The summed E-state index contributed by atoms with van der Waals surface area (Å²) in [7, 11) is 1.94. The zero-order chi connectivity index (χ0) is 26.8. The number of fused-ring (bicyclic) bond motifs is 1. The zero-order valence-corrected chi connectivity index (χ0v) is 21.8. The monoisotopic (exact) mass is 513 g/mol. The average molecular weight is 514 g/mol. The van der Waals surface area contributed by atoms with E-state index < -0.39 is 17.7 Å². The van der Waals surface area contributed by atoms with Crippen molar-refractivity contribution in [2.24, 2.45) is 5.92 Å². The van der Waals surface area contributed by atoms with Crippen LogP contribution in [0.5, 0.6) is 11.5 Å².